The third-order valence-corrected chi connectivity index (χ3v) is 10.0. The maximum Gasteiger partial charge on any atom is 0.178 e. The van der Waals surface area contributed by atoms with Crippen molar-refractivity contribution in [3.05, 3.63) is 47.3 Å². The number of piperidine rings is 2. The van der Waals surface area contributed by atoms with Gasteiger partial charge in [-0.15, -0.1) is 0 Å². The molecule has 198 valence electrons. The Balaban J connectivity index is 1.31. The maximum atomic E-state index is 14.7. The molecule has 2 aromatic carbocycles. The van der Waals surface area contributed by atoms with E-state index in [0.29, 0.717) is 23.3 Å². The Hall–Kier alpha value is -2.29. The zero-order chi connectivity index (χ0) is 25.9. The van der Waals surface area contributed by atoms with Crippen LogP contribution in [0.3, 0.4) is 0 Å². The number of hydrogen-bond donors (Lipinski definition) is 1. The molecule has 1 aromatic heterocycles. The summed E-state index contributed by atoms with van der Waals surface area (Å²) < 4.78 is 40.4. The fraction of sp³-hybridized carbons (Fsp3) is 0.552. The number of nitrogens with one attached hydrogen (secondary N) is 1. The fourth-order valence-corrected chi connectivity index (χ4v) is 7.50. The normalized spacial score (nSPS) is 24.1. The van der Waals surface area contributed by atoms with E-state index in [2.05, 4.69) is 29.3 Å². The molecule has 0 spiro atoms. The van der Waals surface area contributed by atoms with Crippen LogP contribution < -0.4 is 5.32 Å². The molecule has 0 amide bonds. The molecule has 2 saturated heterocycles. The number of halogens is 1. The molecular formula is C29H37FN4O2S. The van der Waals surface area contributed by atoms with Crippen molar-refractivity contribution >= 4 is 20.9 Å². The van der Waals surface area contributed by atoms with Crippen LogP contribution in [0.25, 0.3) is 22.4 Å². The van der Waals surface area contributed by atoms with E-state index in [1.165, 1.54) is 62.8 Å². The topological polar surface area (TPSA) is 67.2 Å². The summed E-state index contributed by atoms with van der Waals surface area (Å²) in [5.41, 5.74) is 5.05. The van der Waals surface area contributed by atoms with Crippen molar-refractivity contribution in [2.24, 2.45) is 13.0 Å². The number of nitrogens with zero attached hydrogens (tertiary/aromatic N) is 3. The van der Waals surface area contributed by atoms with Gasteiger partial charge in [0.1, 0.15) is 16.5 Å². The molecule has 6 nitrogen and oxygen atoms in total. The molecule has 0 bridgehead atoms. The molecule has 2 aliphatic heterocycles. The van der Waals surface area contributed by atoms with Crippen LogP contribution in [0.4, 0.5) is 4.39 Å². The number of likely N-dealkylation sites (tertiary alicyclic amines) is 1. The van der Waals surface area contributed by atoms with Gasteiger partial charge in [0.05, 0.1) is 11.0 Å². The van der Waals surface area contributed by atoms with Crippen LogP contribution in [0.2, 0.25) is 0 Å². The average Bonchev–Trinajstić information content (AvgIpc) is 3.67. The second kappa shape index (κ2) is 9.47. The van der Waals surface area contributed by atoms with E-state index in [1.54, 1.807) is 6.07 Å². The maximum absolute atomic E-state index is 14.7. The highest BCUT2D eigenvalue weighted by atomic mass is 32.2. The van der Waals surface area contributed by atoms with Crippen LogP contribution in [0.1, 0.15) is 55.6 Å². The highest BCUT2D eigenvalue weighted by molar-refractivity contribution is 7.90. The summed E-state index contributed by atoms with van der Waals surface area (Å²) in [5, 5.41) is 3.52. The number of benzene rings is 2. The van der Waals surface area contributed by atoms with Crippen molar-refractivity contribution in [1.82, 2.24) is 19.8 Å². The largest absolute Gasteiger partial charge is 0.327 e. The fourth-order valence-electron chi connectivity index (χ4n) is 6.77. The quantitative estimate of drug-likeness (QED) is 0.519. The zero-order valence-corrected chi connectivity index (χ0v) is 22.8. The molecule has 8 heteroatoms. The summed E-state index contributed by atoms with van der Waals surface area (Å²) in [6.07, 6.45) is 8.71. The number of rotatable bonds is 5. The summed E-state index contributed by atoms with van der Waals surface area (Å²) in [6, 6.07) is 10.3. The van der Waals surface area contributed by atoms with Crippen molar-refractivity contribution in [1.29, 1.82) is 0 Å². The number of hydrogen-bond acceptors (Lipinski definition) is 5. The van der Waals surface area contributed by atoms with Crippen LogP contribution in [-0.4, -0.2) is 60.8 Å². The molecule has 37 heavy (non-hydrogen) atoms. The number of sulfone groups is 1. The third-order valence-electron chi connectivity index (χ3n) is 8.89. The second-order valence-corrected chi connectivity index (χ2v) is 13.4. The van der Waals surface area contributed by atoms with Gasteiger partial charge in [0, 0.05) is 31.0 Å². The van der Waals surface area contributed by atoms with E-state index in [9.17, 15) is 12.8 Å². The Kier molecular flexibility index (Phi) is 6.40. The lowest BCUT2D eigenvalue weighted by atomic mass is 9.81. The van der Waals surface area contributed by atoms with Crippen LogP contribution in [0, 0.1) is 18.7 Å². The molecular weight excluding hydrogens is 487 g/mol. The summed E-state index contributed by atoms with van der Waals surface area (Å²) in [7, 11) is -1.66. The van der Waals surface area contributed by atoms with E-state index in [4.69, 9.17) is 4.98 Å². The third kappa shape index (κ3) is 4.72. The SMILES string of the molecule is Cc1cc(C2CCN(C3CCNCC3)[C@@H](C3CC3)C2)cc2c1nc(-c1ccc(S(C)(=O)=O)c(F)c1)n2C. The van der Waals surface area contributed by atoms with Gasteiger partial charge in [-0.2, -0.15) is 0 Å². The molecule has 6 rings (SSSR count). The lowest BCUT2D eigenvalue weighted by molar-refractivity contribution is 0.0557. The van der Waals surface area contributed by atoms with E-state index >= 15 is 0 Å². The van der Waals surface area contributed by atoms with Crippen molar-refractivity contribution in [3.63, 3.8) is 0 Å². The lowest BCUT2D eigenvalue weighted by Crippen LogP contribution is -2.52. The first-order chi connectivity index (χ1) is 17.7. The summed E-state index contributed by atoms with van der Waals surface area (Å²) in [6.45, 7) is 5.57. The molecule has 2 atom stereocenters. The van der Waals surface area contributed by atoms with Crippen molar-refractivity contribution in [2.45, 2.75) is 68.3 Å². The number of fused-ring (bicyclic) bond motifs is 1. The number of aryl methyl sites for hydroxylation is 2. The molecule has 3 aromatic rings. The molecule has 3 heterocycles. The molecule has 1 N–H and O–H groups in total. The van der Waals surface area contributed by atoms with Gasteiger partial charge in [-0.3, -0.25) is 4.90 Å². The molecule has 3 aliphatic rings. The van der Waals surface area contributed by atoms with Crippen LogP contribution in [-0.2, 0) is 16.9 Å². The molecule has 1 unspecified atom stereocenters. The monoisotopic (exact) mass is 524 g/mol. The zero-order valence-electron chi connectivity index (χ0n) is 22.0. The Bertz CT molecular complexity index is 1440. The smallest absolute Gasteiger partial charge is 0.178 e. The number of aromatic nitrogens is 2. The van der Waals surface area contributed by atoms with Gasteiger partial charge in [0.25, 0.3) is 0 Å². The van der Waals surface area contributed by atoms with Gasteiger partial charge < -0.3 is 9.88 Å². The van der Waals surface area contributed by atoms with E-state index in [0.717, 1.165) is 47.9 Å². The summed E-state index contributed by atoms with van der Waals surface area (Å²) >= 11 is 0. The predicted molar refractivity (Wildman–Crippen MR) is 145 cm³/mol. The Labute approximate surface area is 219 Å². The van der Waals surface area contributed by atoms with Crippen molar-refractivity contribution in [3.8, 4) is 11.4 Å². The minimum Gasteiger partial charge on any atom is -0.327 e. The highest BCUT2D eigenvalue weighted by Crippen LogP contribution is 2.45. The Morgan fingerprint density at radius 1 is 1.05 bits per heavy atom. The van der Waals surface area contributed by atoms with E-state index in [1.807, 2.05) is 11.6 Å². The minimum atomic E-state index is -3.62. The first-order valence-electron chi connectivity index (χ1n) is 13.6. The Morgan fingerprint density at radius 3 is 2.49 bits per heavy atom. The Morgan fingerprint density at radius 2 is 1.81 bits per heavy atom. The molecule has 1 aliphatic carbocycles. The van der Waals surface area contributed by atoms with Gasteiger partial charge in [-0.25, -0.2) is 17.8 Å². The lowest BCUT2D eigenvalue weighted by Gasteiger charge is -2.46. The van der Waals surface area contributed by atoms with Gasteiger partial charge in [0.2, 0.25) is 0 Å². The van der Waals surface area contributed by atoms with Gasteiger partial charge >= 0.3 is 0 Å². The van der Waals surface area contributed by atoms with Crippen LogP contribution in [0.15, 0.2) is 35.2 Å². The highest BCUT2D eigenvalue weighted by Gasteiger charge is 2.42. The van der Waals surface area contributed by atoms with Gasteiger partial charge in [-0.05, 0) is 112 Å². The average molecular weight is 525 g/mol. The standard InChI is InChI=1S/C29H37FN4O2S/c1-18-14-22(20-10-13-34(23-8-11-31-12-9-23)25(16-20)19-4-5-19)17-26-28(18)32-29(33(26)2)21-6-7-27(24(30)15-21)37(3,35)36/h6-7,14-15,17,19-20,23,25,31H,4-5,8-13,16H2,1-3H3/t20?,25-/m1/s1. The predicted octanol–water partition coefficient (Wildman–Crippen LogP) is 4.80. The first-order valence-corrected chi connectivity index (χ1v) is 15.5. The first kappa shape index (κ1) is 25.0. The molecule has 1 saturated carbocycles. The van der Waals surface area contributed by atoms with Crippen LogP contribution in [0.5, 0.6) is 0 Å². The second-order valence-electron chi connectivity index (χ2n) is 11.5. The van der Waals surface area contributed by atoms with Gasteiger partial charge in [-0.1, -0.05) is 6.07 Å². The van der Waals surface area contributed by atoms with Crippen molar-refractivity contribution in [2.75, 3.05) is 25.9 Å². The number of imidazole rings is 1. The van der Waals surface area contributed by atoms with Gasteiger partial charge in [0.15, 0.2) is 9.84 Å². The minimum absolute atomic E-state index is 0.283. The molecule has 0 radical (unpaired) electrons. The van der Waals surface area contributed by atoms with E-state index < -0.39 is 15.7 Å². The summed E-state index contributed by atoms with van der Waals surface area (Å²) in [4.78, 5) is 7.44. The van der Waals surface area contributed by atoms with Crippen molar-refractivity contribution < 1.29 is 12.8 Å². The van der Waals surface area contributed by atoms with Crippen LogP contribution >= 0.6 is 0 Å². The van der Waals surface area contributed by atoms with E-state index in [-0.39, 0.29) is 4.90 Å². The summed E-state index contributed by atoms with van der Waals surface area (Å²) in [5.74, 6) is 1.30. The molecule has 3 fully saturated rings.